The number of hydrogen-bond donors (Lipinski definition) is 3. The molecule has 3 heterocycles. The number of carbonyl (C=O) groups excluding carboxylic acids is 2. The van der Waals surface area contributed by atoms with Gasteiger partial charge in [0.1, 0.15) is 34.7 Å². The summed E-state index contributed by atoms with van der Waals surface area (Å²) in [6.45, 7) is 0. The summed E-state index contributed by atoms with van der Waals surface area (Å²) in [5.41, 5.74) is 2.08. The lowest BCUT2D eigenvalue weighted by Crippen LogP contribution is -2.42. The average Bonchev–Trinajstić information content (AvgIpc) is 2.92. The van der Waals surface area contributed by atoms with Crippen LogP contribution >= 0.6 is 0 Å². The number of phenolic OH excluding ortho intramolecular Hbond substituents is 2. The van der Waals surface area contributed by atoms with Crippen LogP contribution in [-0.2, 0) is 9.53 Å². The number of Topliss-reactive ketones (excluding diaryl/α,β-unsaturated/α-hetero) is 1. The highest BCUT2D eigenvalue weighted by Gasteiger charge is 2.44. The van der Waals surface area contributed by atoms with Crippen molar-refractivity contribution in [3.8, 4) is 23.0 Å². The first-order chi connectivity index (χ1) is 19.3. The maximum atomic E-state index is 13.4. The van der Waals surface area contributed by atoms with Crippen LogP contribution in [0.3, 0.4) is 0 Å². The number of aromatic hydroxyl groups is 2. The molecule has 3 aliphatic heterocycles. The van der Waals surface area contributed by atoms with E-state index in [2.05, 4.69) is 0 Å². The fourth-order valence-electron chi connectivity index (χ4n) is 5.91. The minimum Gasteiger partial charge on any atom is -0.508 e. The third kappa shape index (κ3) is 5.20. The number of carbonyl (C=O) groups is 2. The highest BCUT2D eigenvalue weighted by atomic mass is 16.6. The van der Waals surface area contributed by atoms with Gasteiger partial charge in [0.2, 0.25) is 0 Å². The van der Waals surface area contributed by atoms with Crippen molar-refractivity contribution in [1.29, 1.82) is 0 Å². The van der Waals surface area contributed by atoms with E-state index in [9.17, 15) is 24.9 Å². The summed E-state index contributed by atoms with van der Waals surface area (Å²) in [5, 5.41) is 32.3. The second-order valence-corrected chi connectivity index (χ2v) is 10.7. The molecule has 3 aromatic carbocycles. The van der Waals surface area contributed by atoms with E-state index in [4.69, 9.17) is 14.2 Å². The predicted octanol–water partition coefficient (Wildman–Crippen LogP) is 5.56. The van der Waals surface area contributed by atoms with Crippen molar-refractivity contribution >= 4 is 17.8 Å². The molecule has 40 heavy (non-hydrogen) atoms. The topological polar surface area (TPSA) is 123 Å². The van der Waals surface area contributed by atoms with Crippen LogP contribution in [-0.4, -0.2) is 39.0 Å². The Morgan fingerprint density at radius 3 is 2.55 bits per heavy atom. The van der Waals surface area contributed by atoms with Crippen LogP contribution in [0.1, 0.15) is 77.6 Å². The number of phenols is 2. The Kier molecular flexibility index (Phi) is 6.82. The normalized spacial score (nSPS) is 26.4. The summed E-state index contributed by atoms with van der Waals surface area (Å²) < 4.78 is 18.3. The maximum Gasteiger partial charge on any atom is 0.311 e. The molecule has 206 valence electrons. The number of fused-ring (bicyclic) bond motifs is 6. The fourth-order valence-corrected chi connectivity index (χ4v) is 5.91. The molecule has 8 nitrogen and oxygen atoms in total. The third-order valence-corrected chi connectivity index (χ3v) is 7.77. The molecule has 0 radical (unpaired) electrons. The Hall–Kier alpha value is -4.14. The van der Waals surface area contributed by atoms with Crippen LogP contribution in [0.15, 0.2) is 66.7 Å². The summed E-state index contributed by atoms with van der Waals surface area (Å²) in [4.78, 5) is 26.1. The van der Waals surface area contributed by atoms with E-state index in [0.29, 0.717) is 30.4 Å². The Bertz CT molecular complexity index is 1460. The van der Waals surface area contributed by atoms with Gasteiger partial charge in [0.15, 0.2) is 11.6 Å². The van der Waals surface area contributed by atoms with E-state index in [0.717, 1.165) is 5.56 Å². The summed E-state index contributed by atoms with van der Waals surface area (Å²) in [6, 6.07) is 17.3. The van der Waals surface area contributed by atoms with Gasteiger partial charge in [-0.15, -0.1) is 0 Å². The molecule has 1 saturated heterocycles. The summed E-state index contributed by atoms with van der Waals surface area (Å²) >= 11 is 0. The molecular weight excluding hydrogens is 512 g/mol. The second-order valence-electron chi connectivity index (χ2n) is 10.7. The van der Waals surface area contributed by atoms with Crippen LogP contribution < -0.4 is 9.47 Å². The molecular formula is C32H30O8. The van der Waals surface area contributed by atoms with Crippen molar-refractivity contribution in [2.45, 2.75) is 62.4 Å². The molecule has 0 aliphatic carbocycles. The van der Waals surface area contributed by atoms with Gasteiger partial charge in [0.25, 0.3) is 0 Å². The zero-order valence-corrected chi connectivity index (χ0v) is 21.8. The SMILES string of the molecule is O=C1CCC[C@@H]2C[C@H](C[C@](O)(/C=C/c3ccccc3)O2)c2c(cc(O)c3c2O[C@H](c2ccc(O)cc2)CC3=O)O1. The average molecular weight is 543 g/mol. The van der Waals surface area contributed by atoms with Crippen molar-refractivity contribution in [3.63, 3.8) is 0 Å². The molecule has 0 spiro atoms. The van der Waals surface area contributed by atoms with E-state index >= 15 is 0 Å². The van der Waals surface area contributed by atoms with Crippen LogP contribution in [0.5, 0.6) is 23.0 Å². The lowest BCUT2D eigenvalue weighted by Gasteiger charge is -2.42. The first-order valence-electron chi connectivity index (χ1n) is 13.5. The zero-order valence-electron chi connectivity index (χ0n) is 21.8. The molecule has 0 amide bonds. The zero-order chi connectivity index (χ0) is 27.9. The monoisotopic (exact) mass is 542 g/mol. The molecule has 3 N–H and O–H groups in total. The van der Waals surface area contributed by atoms with E-state index in [-0.39, 0.29) is 59.7 Å². The number of aliphatic hydroxyl groups is 1. The first kappa shape index (κ1) is 26.1. The van der Waals surface area contributed by atoms with Crippen molar-refractivity contribution < 1.29 is 39.1 Å². The van der Waals surface area contributed by atoms with Gasteiger partial charge >= 0.3 is 5.97 Å². The maximum absolute atomic E-state index is 13.4. The molecule has 1 fully saturated rings. The minimum atomic E-state index is -1.62. The predicted molar refractivity (Wildman–Crippen MR) is 145 cm³/mol. The number of benzene rings is 3. The van der Waals surface area contributed by atoms with Gasteiger partial charge in [0.05, 0.1) is 12.5 Å². The fraction of sp³-hybridized carbons (Fsp3) is 0.312. The molecule has 0 unspecified atom stereocenters. The molecule has 0 aromatic heterocycles. The van der Waals surface area contributed by atoms with Gasteiger partial charge in [-0.25, -0.2) is 0 Å². The Balaban J connectivity index is 1.45. The van der Waals surface area contributed by atoms with Gasteiger partial charge in [-0.05, 0) is 54.5 Å². The molecule has 4 atom stereocenters. The Morgan fingerprint density at radius 2 is 1.77 bits per heavy atom. The number of hydrogen-bond acceptors (Lipinski definition) is 8. The Morgan fingerprint density at radius 1 is 1.00 bits per heavy atom. The highest BCUT2D eigenvalue weighted by molar-refractivity contribution is 6.03. The van der Waals surface area contributed by atoms with E-state index in [1.54, 1.807) is 24.3 Å². The second kappa shape index (κ2) is 10.4. The molecule has 6 rings (SSSR count). The lowest BCUT2D eigenvalue weighted by molar-refractivity contribution is -0.227. The summed E-state index contributed by atoms with van der Waals surface area (Å²) in [7, 11) is 0. The molecule has 8 heteroatoms. The van der Waals surface area contributed by atoms with E-state index in [1.165, 1.54) is 18.2 Å². The summed E-state index contributed by atoms with van der Waals surface area (Å²) in [6.07, 6.45) is 4.21. The third-order valence-electron chi connectivity index (χ3n) is 7.77. The van der Waals surface area contributed by atoms with Gasteiger partial charge in [-0.1, -0.05) is 48.5 Å². The van der Waals surface area contributed by atoms with Gasteiger partial charge in [-0.2, -0.15) is 0 Å². The van der Waals surface area contributed by atoms with Crippen molar-refractivity contribution in [1.82, 2.24) is 0 Å². The van der Waals surface area contributed by atoms with Crippen molar-refractivity contribution in [3.05, 3.63) is 89.0 Å². The minimum absolute atomic E-state index is 0.00986. The van der Waals surface area contributed by atoms with Gasteiger partial charge < -0.3 is 29.5 Å². The van der Waals surface area contributed by atoms with Gasteiger partial charge in [-0.3, -0.25) is 9.59 Å². The highest BCUT2D eigenvalue weighted by Crippen LogP contribution is 2.53. The lowest BCUT2D eigenvalue weighted by atomic mass is 9.79. The number of rotatable bonds is 3. The number of ketones is 1. The molecule has 3 aliphatic rings. The van der Waals surface area contributed by atoms with E-state index in [1.807, 2.05) is 30.3 Å². The van der Waals surface area contributed by atoms with Crippen molar-refractivity contribution in [2.75, 3.05) is 0 Å². The van der Waals surface area contributed by atoms with Crippen LogP contribution in [0, 0.1) is 0 Å². The smallest absolute Gasteiger partial charge is 0.311 e. The largest absolute Gasteiger partial charge is 0.508 e. The Labute approximate surface area is 231 Å². The summed E-state index contributed by atoms with van der Waals surface area (Å²) in [5.74, 6) is -2.78. The molecule has 0 saturated carbocycles. The number of esters is 1. The van der Waals surface area contributed by atoms with Crippen molar-refractivity contribution in [2.24, 2.45) is 0 Å². The van der Waals surface area contributed by atoms with Crippen LogP contribution in [0.2, 0.25) is 0 Å². The van der Waals surface area contributed by atoms with Crippen LogP contribution in [0.4, 0.5) is 0 Å². The quantitative estimate of drug-likeness (QED) is 0.291. The van der Waals surface area contributed by atoms with Gasteiger partial charge in [0, 0.05) is 24.5 Å². The molecule has 3 aromatic rings. The standard InChI is InChI=1S/C32H30O8/c33-22-11-9-20(10-12-22)26-16-24(34)30-25(35)17-27-29(31(30)39-26)21-15-23(7-4-8-28(36)38-27)40-32(37,18-21)14-13-19-5-2-1-3-6-19/h1-3,5-6,9-14,17,21,23,26,33,35,37H,4,7-8,15-16,18H2/b14-13+/t21-,23-,26+,32+/m1/s1. The molecule has 2 bridgehead atoms. The first-order valence-corrected chi connectivity index (χ1v) is 13.5. The van der Waals surface area contributed by atoms with E-state index < -0.39 is 23.8 Å². The number of ether oxygens (including phenoxy) is 3. The van der Waals surface area contributed by atoms with Crippen LogP contribution in [0.25, 0.3) is 6.08 Å².